The molecular formula is C22H19N5O3. The lowest BCUT2D eigenvalue weighted by molar-refractivity contribution is -0.119. The summed E-state index contributed by atoms with van der Waals surface area (Å²) in [7, 11) is 0. The van der Waals surface area contributed by atoms with Crippen LogP contribution in [0.4, 0.5) is 5.69 Å². The summed E-state index contributed by atoms with van der Waals surface area (Å²) in [5.74, 6) is -1.17. The first kappa shape index (κ1) is 19.3. The number of rotatable bonds is 5. The van der Waals surface area contributed by atoms with Crippen LogP contribution in [0.5, 0.6) is 0 Å². The summed E-state index contributed by atoms with van der Waals surface area (Å²) in [4.78, 5) is 33.0. The summed E-state index contributed by atoms with van der Waals surface area (Å²) in [6.45, 7) is 3.22. The van der Waals surface area contributed by atoms with E-state index >= 15 is 0 Å². The van der Waals surface area contributed by atoms with Gasteiger partial charge in [0.1, 0.15) is 0 Å². The normalized spacial score (nSPS) is 10.7. The maximum absolute atomic E-state index is 12.3. The minimum Gasteiger partial charge on any atom is -0.451 e. The molecular weight excluding hydrogens is 382 g/mol. The minimum atomic E-state index is -0.711. The van der Waals surface area contributed by atoms with Crippen LogP contribution in [0.15, 0.2) is 60.8 Å². The summed E-state index contributed by atoms with van der Waals surface area (Å²) >= 11 is 0. The number of para-hydroxylation sites is 3. The molecule has 0 saturated heterocycles. The van der Waals surface area contributed by atoms with Crippen LogP contribution in [-0.4, -0.2) is 38.2 Å². The zero-order valence-electron chi connectivity index (χ0n) is 16.5. The standard InChI is InChI=1S/C22H19N5O3/c1-14-21(15(2)27(26-14)16-8-4-3-5-9-16)25-20(28)13-30-22(29)19-12-23-17-10-6-7-11-18(17)24-19/h3-12H,13H2,1-2H3,(H,25,28). The molecule has 0 aliphatic carbocycles. The van der Waals surface area contributed by atoms with Gasteiger partial charge in [0, 0.05) is 0 Å². The lowest BCUT2D eigenvalue weighted by Crippen LogP contribution is -2.22. The molecule has 30 heavy (non-hydrogen) atoms. The number of aryl methyl sites for hydroxylation is 1. The van der Waals surface area contributed by atoms with Gasteiger partial charge in [-0.1, -0.05) is 30.3 Å². The number of amides is 1. The SMILES string of the molecule is Cc1nn(-c2ccccc2)c(C)c1NC(=O)COC(=O)c1cnc2ccccc2n1. The van der Waals surface area contributed by atoms with Crippen LogP contribution >= 0.6 is 0 Å². The van der Waals surface area contributed by atoms with E-state index < -0.39 is 18.5 Å². The van der Waals surface area contributed by atoms with E-state index in [0.29, 0.717) is 22.4 Å². The zero-order chi connectivity index (χ0) is 21.1. The third-order valence-corrected chi connectivity index (χ3v) is 4.55. The summed E-state index contributed by atoms with van der Waals surface area (Å²) in [6, 6.07) is 16.8. The Morgan fingerprint density at radius 2 is 1.70 bits per heavy atom. The molecule has 0 fully saturated rings. The van der Waals surface area contributed by atoms with Crippen LogP contribution < -0.4 is 5.32 Å². The number of hydrogen-bond acceptors (Lipinski definition) is 6. The maximum Gasteiger partial charge on any atom is 0.359 e. The van der Waals surface area contributed by atoms with Gasteiger partial charge >= 0.3 is 5.97 Å². The fourth-order valence-electron chi connectivity index (χ4n) is 3.08. The van der Waals surface area contributed by atoms with Gasteiger partial charge in [0.05, 0.1) is 40.0 Å². The number of fused-ring (bicyclic) bond motifs is 1. The van der Waals surface area contributed by atoms with E-state index in [1.165, 1.54) is 6.20 Å². The Balaban J connectivity index is 1.42. The smallest absolute Gasteiger partial charge is 0.359 e. The molecule has 2 heterocycles. The Morgan fingerprint density at radius 3 is 2.47 bits per heavy atom. The van der Waals surface area contributed by atoms with Crippen molar-refractivity contribution < 1.29 is 14.3 Å². The Kier molecular flexibility index (Phi) is 5.21. The number of benzene rings is 2. The Hall–Kier alpha value is -4.07. The van der Waals surface area contributed by atoms with E-state index in [9.17, 15) is 9.59 Å². The summed E-state index contributed by atoms with van der Waals surface area (Å²) in [5, 5.41) is 7.25. The van der Waals surface area contributed by atoms with E-state index in [0.717, 1.165) is 11.4 Å². The molecule has 0 unspecified atom stereocenters. The second-order valence-corrected chi connectivity index (χ2v) is 6.66. The predicted octanol–water partition coefficient (Wildman–Crippen LogP) is 3.23. The molecule has 0 spiro atoms. The highest BCUT2D eigenvalue weighted by molar-refractivity contribution is 5.96. The predicted molar refractivity (Wildman–Crippen MR) is 111 cm³/mol. The summed E-state index contributed by atoms with van der Waals surface area (Å²) in [5.41, 5.74) is 4.22. The molecule has 0 atom stereocenters. The third kappa shape index (κ3) is 3.88. The molecule has 1 amide bonds. The number of aromatic nitrogens is 4. The fraction of sp³-hybridized carbons (Fsp3) is 0.136. The van der Waals surface area contributed by atoms with Gasteiger partial charge in [0.2, 0.25) is 0 Å². The maximum atomic E-state index is 12.3. The Bertz CT molecular complexity index is 1230. The van der Waals surface area contributed by atoms with Gasteiger partial charge in [0.25, 0.3) is 5.91 Å². The molecule has 1 N–H and O–H groups in total. The Labute approximate surface area is 172 Å². The highest BCUT2D eigenvalue weighted by atomic mass is 16.5. The van der Waals surface area contributed by atoms with Crippen LogP contribution in [0.25, 0.3) is 16.7 Å². The van der Waals surface area contributed by atoms with Crippen molar-refractivity contribution in [3.63, 3.8) is 0 Å². The van der Waals surface area contributed by atoms with Crippen LogP contribution in [0, 0.1) is 13.8 Å². The number of nitrogens with one attached hydrogen (secondary N) is 1. The molecule has 4 aromatic rings. The van der Waals surface area contributed by atoms with Crippen molar-refractivity contribution in [2.45, 2.75) is 13.8 Å². The van der Waals surface area contributed by atoms with Crippen LogP contribution in [-0.2, 0) is 9.53 Å². The van der Waals surface area contributed by atoms with Crippen molar-refractivity contribution in [3.05, 3.63) is 77.9 Å². The third-order valence-electron chi connectivity index (χ3n) is 4.55. The van der Waals surface area contributed by atoms with E-state index in [-0.39, 0.29) is 5.69 Å². The first-order valence-corrected chi connectivity index (χ1v) is 9.33. The lowest BCUT2D eigenvalue weighted by Gasteiger charge is -2.08. The van der Waals surface area contributed by atoms with E-state index in [4.69, 9.17) is 4.74 Å². The summed E-state index contributed by atoms with van der Waals surface area (Å²) in [6.07, 6.45) is 1.33. The number of ether oxygens (including phenoxy) is 1. The van der Waals surface area contributed by atoms with Gasteiger partial charge in [-0.3, -0.25) is 9.78 Å². The van der Waals surface area contributed by atoms with Crippen molar-refractivity contribution in [2.24, 2.45) is 0 Å². The lowest BCUT2D eigenvalue weighted by atomic mass is 10.3. The topological polar surface area (TPSA) is 99.0 Å². The number of nitrogens with zero attached hydrogens (tertiary/aromatic N) is 4. The minimum absolute atomic E-state index is 0.0470. The number of esters is 1. The first-order valence-electron chi connectivity index (χ1n) is 9.33. The molecule has 4 rings (SSSR count). The van der Waals surface area contributed by atoms with Crippen LogP contribution in [0.2, 0.25) is 0 Å². The van der Waals surface area contributed by atoms with Gasteiger partial charge in [-0.05, 0) is 38.1 Å². The van der Waals surface area contributed by atoms with Gasteiger partial charge in [0.15, 0.2) is 12.3 Å². The molecule has 8 nitrogen and oxygen atoms in total. The molecule has 8 heteroatoms. The Morgan fingerprint density at radius 1 is 1.00 bits per heavy atom. The number of carbonyl (C=O) groups is 2. The molecule has 0 saturated carbocycles. The second kappa shape index (κ2) is 8.12. The zero-order valence-corrected chi connectivity index (χ0v) is 16.5. The quantitative estimate of drug-likeness (QED) is 0.516. The van der Waals surface area contributed by atoms with E-state index in [1.54, 1.807) is 29.8 Å². The molecule has 150 valence electrons. The average Bonchev–Trinajstić information content (AvgIpc) is 3.06. The van der Waals surface area contributed by atoms with Gasteiger partial charge in [-0.25, -0.2) is 14.5 Å². The van der Waals surface area contributed by atoms with Crippen LogP contribution in [0.3, 0.4) is 0 Å². The van der Waals surface area contributed by atoms with E-state index in [1.807, 2.05) is 43.3 Å². The highest BCUT2D eigenvalue weighted by Crippen LogP contribution is 2.22. The number of carbonyl (C=O) groups excluding carboxylic acids is 2. The average molecular weight is 401 g/mol. The van der Waals surface area contributed by atoms with Gasteiger partial charge < -0.3 is 10.1 Å². The van der Waals surface area contributed by atoms with Crippen molar-refractivity contribution in [3.8, 4) is 5.69 Å². The fourth-order valence-corrected chi connectivity index (χ4v) is 3.08. The monoisotopic (exact) mass is 401 g/mol. The van der Waals surface area contributed by atoms with Crippen LogP contribution in [0.1, 0.15) is 21.9 Å². The van der Waals surface area contributed by atoms with Crippen molar-refractivity contribution in [2.75, 3.05) is 11.9 Å². The van der Waals surface area contributed by atoms with E-state index in [2.05, 4.69) is 20.4 Å². The van der Waals surface area contributed by atoms with Crippen molar-refractivity contribution in [1.82, 2.24) is 19.7 Å². The van der Waals surface area contributed by atoms with Gasteiger partial charge in [-0.2, -0.15) is 5.10 Å². The number of anilines is 1. The molecule has 0 aliphatic rings. The number of hydrogen-bond donors (Lipinski definition) is 1. The second-order valence-electron chi connectivity index (χ2n) is 6.66. The van der Waals surface area contributed by atoms with Crippen molar-refractivity contribution in [1.29, 1.82) is 0 Å². The molecule has 0 bridgehead atoms. The molecule has 0 aliphatic heterocycles. The largest absolute Gasteiger partial charge is 0.451 e. The van der Waals surface area contributed by atoms with Gasteiger partial charge in [-0.15, -0.1) is 0 Å². The molecule has 2 aromatic carbocycles. The first-order chi connectivity index (χ1) is 14.5. The van der Waals surface area contributed by atoms with Crippen molar-refractivity contribution >= 4 is 28.6 Å². The summed E-state index contributed by atoms with van der Waals surface area (Å²) < 4.78 is 6.85. The highest BCUT2D eigenvalue weighted by Gasteiger charge is 2.17. The molecule has 2 aromatic heterocycles. The molecule has 0 radical (unpaired) electrons.